The minimum atomic E-state index is 0.165. The largest absolute Gasteiger partial charge is 0.366 e. The molecule has 0 radical (unpaired) electrons. The number of carbonyl (C=O) groups is 1. The molecule has 31 heavy (non-hydrogen) atoms. The van der Waals surface area contributed by atoms with E-state index >= 15 is 0 Å². The van der Waals surface area contributed by atoms with E-state index < -0.39 is 0 Å². The molecular weight excluding hydrogens is 388 g/mol. The zero-order chi connectivity index (χ0) is 21.4. The van der Waals surface area contributed by atoms with Gasteiger partial charge in [0.15, 0.2) is 11.5 Å². The number of H-pyrrole nitrogens is 1. The summed E-state index contributed by atoms with van der Waals surface area (Å²) in [6.07, 6.45) is 4.18. The van der Waals surface area contributed by atoms with Crippen LogP contribution in [0.3, 0.4) is 0 Å². The number of fused-ring (bicyclic) bond motifs is 2. The Morgan fingerprint density at radius 1 is 1.19 bits per heavy atom. The second-order valence-corrected chi connectivity index (χ2v) is 8.91. The summed E-state index contributed by atoms with van der Waals surface area (Å²) in [6.45, 7) is 6.35. The average molecular weight is 419 g/mol. The number of benzene rings is 1. The number of aryl methyl sites for hydroxylation is 1. The normalized spacial score (nSPS) is 19.2. The number of amides is 1. The number of para-hydroxylation sites is 1. The number of nitrogens with zero attached hydrogens (tertiary/aromatic N) is 4. The maximum absolute atomic E-state index is 13.3. The van der Waals surface area contributed by atoms with Crippen LogP contribution in [-0.2, 0) is 11.2 Å². The van der Waals surface area contributed by atoms with Gasteiger partial charge in [-0.05, 0) is 69.8 Å². The number of carbonyl (C=O) groups excluding carboxylic acids is 1. The van der Waals surface area contributed by atoms with Gasteiger partial charge in [0.1, 0.15) is 0 Å². The molecular formula is C24H30N6O. The summed E-state index contributed by atoms with van der Waals surface area (Å²) in [4.78, 5) is 22.4. The van der Waals surface area contributed by atoms with Gasteiger partial charge in [0.05, 0.1) is 23.7 Å². The fourth-order valence-electron chi connectivity index (χ4n) is 4.89. The second kappa shape index (κ2) is 8.30. The molecule has 2 aliphatic heterocycles. The molecule has 7 nitrogen and oxygen atoms in total. The number of hydrogen-bond donors (Lipinski definition) is 2. The van der Waals surface area contributed by atoms with Crippen molar-refractivity contribution in [3.05, 3.63) is 47.7 Å². The highest BCUT2D eigenvalue weighted by Crippen LogP contribution is 2.33. The van der Waals surface area contributed by atoms with E-state index in [4.69, 9.17) is 4.98 Å². The van der Waals surface area contributed by atoms with E-state index in [9.17, 15) is 4.79 Å². The first kappa shape index (κ1) is 20.0. The van der Waals surface area contributed by atoms with Crippen LogP contribution in [0.4, 0.5) is 11.5 Å². The number of aromatic amines is 1. The van der Waals surface area contributed by atoms with E-state index in [1.165, 1.54) is 5.56 Å². The smallest absolute Gasteiger partial charge is 0.241 e. The topological polar surface area (TPSA) is 77.1 Å². The van der Waals surface area contributed by atoms with Gasteiger partial charge in [-0.25, -0.2) is 4.98 Å². The van der Waals surface area contributed by atoms with E-state index in [0.29, 0.717) is 12.6 Å². The standard InChI is InChI=1S/C24H30N6O/c1-16(2)25-23-18-11-12-19(26-24(18)28-27-23)21-10-6-13-29(21)15-22(31)30-14-5-8-17-7-3-4-9-20(17)30/h3-4,7,9,11-12,16,21H,5-6,8,10,13-15H2,1-2H3,(H2,25,26,27,28). The summed E-state index contributed by atoms with van der Waals surface area (Å²) < 4.78 is 0. The summed E-state index contributed by atoms with van der Waals surface area (Å²) in [5.74, 6) is 1.02. The molecule has 0 aliphatic carbocycles. The molecule has 0 spiro atoms. The SMILES string of the molecule is CC(C)Nc1n[nH]c2nc(C3CCCN3CC(=O)N3CCCc4ccccc43)ccc12. The molecule has 0 bridgehead atoms. The molecule has 1 fully saturated rings. The summed E-state index contributed by atoms with van der Waals surface area (Å²) >= 11 is 0. The van der Waals surface area contributed by atoms with Gasteiger partial charge >= 0.3 is 0 Å². The van der Waals surface area contributed by atoms with E-state index in [1.807, 2.05) is 11.0 Å². The van der Waals surface area contributed by atoms with E-state index in [-0.39, 0.29) is 11.9 Å². The van der Waals surface area contributed by atoms with Crippen LogP contribution >= 0.6 is 0 Å². The maximum Gasteiger partial charge on any atom is 0.241 e. The number of hydrogen-bond acceptors (Lipinski definition) is 5. The summed E-state index contributed by atoms with van der Waals surface area (Å²) in [5, 5.41) is 11.8. The minimum Gasteiger partial charge on any atom is -0.366 e. The molecule has 1 atom stereocenters. The van der Waals surface area contributed by atoms with Crippen molar-refractivity contribution < 1.29 is 4.79 Å². The molecule has 2 aromatic heterocycles. The number of likely N-dealkylation sites (tertiary alicyclic amines) is 1. The Labute approximate surface area is 182 Å². The van der Waals surface area contributed by atoms with E-state index in [0.717, 1.165) is 67.0 Å². The molecule has 1 amide bonds. The Kier molecular flexibility index (Phi) is 5.36. The third-order valence-corrected chi connectivity index (χ3v) is 6.33. The van der Waals surface area contributed by atoms with Crippen LogP contribution in [0.2, 0.25) is 0 Å². The van der Waals surface area contributed by atoms with Crippen LogP contribution in [0.5, 0.6) is 0 Å². The number of pyridine rings is 1. The fourth-order valence-corrected chi connectivity index (χ4v) is 4.89. The van der Waals surface area contributed by atoms with E-state index in [2.05, 4.69) is 64.6 Å². The third-order valence-electron chi connectivity index (χ3n) is 6.33. The molecule has 4 heterocycles. The molecule has 162 valence electrons. The Hall–Kier alpha value is -2.93. The molecule has 1 unspecified atom stereocenters. The first-order valence-electron chi connectivity index (χ1n) is 11.3. The van der Waals surface area contributed by atoms with Gasteiger partial charge in [0.25, 0.3) is 0 Å². The van der Waals surface area contributed by atoms with E-state index in [1.54, 1.807) is 0 Å². The van der Waals surface area contributed by atoms with Crippen LogP contribution < -0.4 is 10.2 Å². The van der Waals surface area contributed by atoms with Gasteiger partial charge < -0.3 is 10.2 Å². The van der Waals surface area contributed by atoms with Crippen molar-refractivity contribution >= 4 is 28.4 Å². The number of rotatable bonds is 5. The molecule has 1 saturated heterocycles. The molecule has 1 aromatic carbocycles. The summed E-state index contributed by atoms with van der Waals surface area (Å²) in [6, 6.07) is 12.9. The van der Waals surface area contributed by atoms with Crippen LogP contribution in [0.25, 0.3) is 11.0 Å². The van der Waals surface area contributed by atoms with Crippen molar-refractivity contribution in [1.82, 2.24) is 20.1 Å². The van der Waals surface area contributed by atoms with Crippen LogP contribution in [0.1, 0.15) is 50.4 Å². The molecule has 5 rings (SSSR count). The number of aromatic nitrogens is 3. The van der Waals surface area contributed by atoms with Crippen LogP contribution in [0.15, 0.2) is 36.4 Å². The highest BCUT2D eigenvalue weighted by Gasteiger charge is 2.31. The minimum absolute atomic E-state index is 0.165. The molecule has 2 aliphatic rings. The lowest BCUT2D eigenvalue weighted by atomic mass is 10.0. The molecule has 0 saturated carbocycles. The Morgan fingerprint density at radius 3 is 2.94 bits per heavy atom. The highest BCUT2D eigenvalue weighted by molar-refractivity contribution is 5.96. The summed E-state index contributed by atoms with van der Waals surface area (Å²) in [5.41, 5.74) is 4.16. The van der Waals surface area contributed by atoms with Gasteiger partial charge in [-0.1, -0.05) is 18.2 Å². The zero-order valence-corrected chi connectivity index (χ0v) is 18.3. The van der Waals surface area contributed by atoms with Crippen molar-refractivity contribution in [2.24, 2.45) is 0 Å². The van der Waals surface area contributed by atoms with Crippen molar-refractivity contribution in [1.29, 1.82) is 0 Å². The van der Waals surface area contributed by atoms with Gasteiger partial charge in [-0.2, -0.15) is 5.10 Å². The molecule has 7 heteroatoms. The highest BCUT2D eigenvalue weighted by atomic mass is 16.2. The van der Waals surface area contributed by atoms with Gasteiger partial charge in [0, 0.05) is 18.3 Å². The fraction of sp³-hybridized carbons (Fsp3) is 0.458. The predicted molar refractivity (Wildman–Crippen MR) is 123 cm³/mol. The lowest BCUT2D eigenvalue weighted by molar-refractivity contribution is -0.120. The lowest BCUT2D eigenvalue weighted by Crippen LogP contribution is -2.42. The van der Waals surface area contributed by atoms with Gasteiger partial charge in [0.2, 0.25) is 5.91 Å². The first-order chi connectivity index (χ1) is 15.1. The monoisotopic (exact) mass is 418 g/mol. The third kappa shape index (κ3) is 3.90. The quantitative estimate of drug-likeness (QED) is 0.657. The van der Waals surface area contributed by atoms with Crippen molar-refractivity contribution in [3.8, 4) is 0 Å². The zero-order valence-electron chi connectivity index (χ0n) is 18.3. The van der Waals surface area contributed by atoms with Gasteiger partial charge in [-0.15, -0.1) is 0 Å². The predicted octanol–water partition coefficient (Wildman–Crippen LogP) is 3.89. The van der Waals surface area contributed by atoms with Crippen LogP contribution in [-0.4, -0.2) is 51.7 Å². The van der Waals surface area contributed by atoms with Crippen molar-refractivity contribution in [2.45, 2.75) is 51.6 Å². The Balaban J connectivity index is 1.34. The van der Waals surface area contributed by atoms with Gasteiger partial charge in [-0.3, -0.25) is 14.8 Å². The Morgan fingerprint density at radius 2 is 2.06 bits per heavy atom. The lowest BCUT2D eigenvalue weighted by Gasteiger charge is -2.32. The Bertz CT molecular complexity index is 1090. The summed E-state index contributed by atoms with van der Waals surface area (Å²) in [7, 11) is 0. The maximum atomic E-state index is 13.3. The van der Waals surface area contributed by atoms with Crippen molar-refractivity contribution in [3.63, 3.8) is 0 Å². The first-order valence-corrected chi connectivity index (χ1v) is 11.3. The number of nitrogens with one attached hydrogen (secondary N) is 2. The number of anilines is 2. The second-order valence-electron chi connectivity index (χ2n) is 8.91. The average Bonchev–Trinajstić information content (AvgIpc) is 3.39. The molecule has 2 N–H and O–H groups in total. The van der Waals surface area contributed by atoms with Crippen LogP contribution in [0, 0.1) is 0 Å². The van der Waals surface area contributed by atoms with Crippen molar-refractivity contribution in [2.75, 3.05) is 29.9 Å². The molecule has 3 aromatic rings.